The number of hydrogen-bond acceptors (Lipinski definition) is 3. The van der Waals surface area contributed by atoms with Gasteiger partial charge in [-0.25, -0.2) is 0 Å². The maximum absolute atomic E-state index is 12.2. The fraction of sp³-hybridized carbons (Fsp3) is 0.769. The number of aromatic hydroxyl groups is 1. The molecule has 0 aliphatic heterocycles. The molecule has 0 saturated heterocycles. The number of methoxy groups -OCH3 is 1. The van der Waals surface area contributed by atoms with E-state index in [1.807, 2.05) is 6.07 Å². The second kappa shape index (κ2) is 7.48. The lowest BCUT2D eigenvalue weighted by atomic mass is 9.57. The highest BCUT2D eigenvalue weighted by Crippen LogP contribution is 2.73. The first-order valence-corrected chi connectivity index (χ1v) is 11.6. The molecular weight excluding hydrogens is 360 g/mol. The maximum atomic E-state index is 12.2. The number of ether oxygens (including phenoxy) is 1. The molecule has 0 heterocycles. The summed E-state index contributed by atoms with van der Waals surface area (Å²) in [5, 5.41) is 23.4. The van der Waals surface area contributed by atoms with Crippen LogP contribution in [0.15, 0.2) is 12.1 Å². The van der Waals surface area contributed by atoms with Crippen LogP contribution in [0.1, 0.15) is 104 Å². The van der Waals surface area contributed by atoms with Gasteiger partial charge in [0.05, 0.1) is 12.7 Å². The summed E-state index contributed by atoms with van der Waals surface area (Å²) in [6, 6.07) is 3.96. The van der Waals surface area contributed by atoms with Gasteiger partial charge in [-0.2, -0.15) is 0 Å². The normalized spacial score (nSPS) is 30.7. The molecule has 2 aliphatic carbocycles. The van der Waals surface area contributed by atoms with Crippen LogP contribution in [0, 0.1) is 16.7 Å². The Labute approximate surface area is 177 Å². The Hall–Kier alpha value is -1.22. The van der Waals surface area contributed by atoms with Gasteiger partial charge in [-0.15, -0.1) is 0 Å². The summed E-state index contributed by atoms with van der Waals surface area (Å²) in [6.45, 7) is 13.2. The van der Waals surface area contributed by atoms with Gasteiger partial charge in [-0.3, -0.25) is 0 Å². The van der Waals surface area contributed by atoms with Crippen LogP contribution in [0.25, 0.3) is 0 Å². The van der Waals surface area contributed by atoms with Crippen molar-refractivity contribution in [1.29, 1.82) is 0 Å². The van der Waals surface area contributed by atoms with Gasteiger partial charge in [-0.1, -0.05) is 67.2 Å². The summed E-state index contributed by atoms with van der Waals surface area (Å²) in [5.74, 6) is 1.28. The average molecular weight is 403 g/mol. The first kappa shape index (κ1) is 22.5. The quantitative estimate of drug-likeness (QED) is 0.477. The van der Waals surface area contributed by atoms with Crippen molar-refractivity contribution in [3.63, 3.8) is 0 Å². The Kier molecular flexibility index (Phi) is 5.79. The SMILES string of the molecule is CCCCCCC(C)(C)c1cc(O)c([C@@]2(O)C3(C)CCC(C3)C2(C)C)c(OC)c1. The summed E-state index contributed by atoms with van der Waals surface area (Å²) in [5.41, 5.74) is 0.00284. The molecule has 3 rings (SSSR count). The monoisotopic (exact) mass is 402 g/mol. The lowest BCUT2D eigenvalue weighted by Gasteiger charge is -2.51. The molecule has 3 heteroatoms. The highest BCUT2D eigenvalue weighted by molar-refractivity contribution is 5.55. The highest BCUT2D eigenvalue weighted by atomic mass is 16.5. The minimum absolute atomic E-state index is 0.0479. The molecular formula is C26H42O3. The molecule has 1 aromatic rings. The third-order valence-corrected chi connectivity index (χ3v) is 8.67. The van der Waals surface area contributed by atoms with Gasteiger partial charge in [0.15, 0.2) is 0 Å². The van der Waals surface area contributed by atoms with Crippen molar-refractivity contribution in [1.82, 2.24) is 0 Å². The van der Waals surface area contributed by atoms with Crippen LogP contribution in [0.2, 0.25) is 0 Å². The number of phenols is 1. The lowest BCUT2D eigenvalue weighted by Crippen LogP contribution is -2.51. The third kappa shape index (κ3) is 3.28. The molecule has 2 bridgehead atoms. The van der Waals surface area contributed by atoms with E-state index in [4.69, 9.17) is 4.74 Å². The first-order valence-electron chi connectivity index (χ1n) is 11.6. The number of hydrogen-bond donors (Lipinski definition) is 2. The van der Waals surface area contributed by atoms with E-state index < -0.39 is 5.60 Å². The van der Waals surface area contributed by atoms with Gasteiger partial charge in [0, 0.05) is 10.8 Å². The Bertz CT molecular complexity index is 744. The highest BCUT2D eigenvalue weighted by Gasteiger charge is 2.70. The molecule has 2 saturated carbocycles. The van der Waals surface area contributed by atoms with E-state index in [9.17, 15) is 10.2 Å². The topological polar surface area (TPSA) is 49.7 Å². The summed E-state index contributed by atoms with van der Waals surface area (Å²) in [7, 11) is 1.65. The Morgan fingerprint density at radius 3 is 2.38 bits per heavy atom. The molecule has 2 fully saturated rings. The number of unbranched alkanes of at least 4 members (excludes halogenated alkanes) is 3. The number of phenolic OH excluding ortho intramolecular Hbond substituents is 1. The maximum Gasteiger partial charge on any atom is 0.129 e. The first-order chi connectivity index (χ1) is 13.4. The van der Waals surface area contributed by atoms with Crippen LogP contribution >= 0.6 is 0 Å². The molecule has 2 N–H and O–H groups in total. The van der Waals surface area contributed by atoms with Crippen molar-refractivity contribution >= 4 is 0 Å². The number of aliphatic hydroxyl groups is 1. The number of fused-ring (bicyclic) bond motifs is 2. The van der Waals surface area contributed by atoms with Gasteiger partial charge in [0.1, 0.15) is 17.1 Å². The second-order valence-electron chi connectivity index (χ2n) is 11.2. The van der Waals surface area contributed by atoms with Crippen LogP contribution in [-0.2, 0) is 11.0 Å². The number of rotatable bonds is 8. The molecule has 1 aromatic carbocycles. The molecule has 2 unspecified atom stereocenters. The second-order valence-corrected chi connectivity index (χ2v) is 11.2. The Balaban J connectivity index is 2.02. The van der Waals surface area contributed by atoms with Gasteiger partial charge in [0.2, 0.25) is 0 Å². The van der Waals surface area contributed by atoms with Crippen LogP contribution in [0.5, 0.6) is 11.5 Å². The summed E-state index contributed by atoms with van der Waals surface area (Å²) >= 11 is 0. The van der Waals surface area contributed by atoms with Gasteiger partial charge >= 0.3 is 0 Å². The van der Waals surface area contributed by atoms with Crippen LogP contribution in [-0.4, -0.2) is 17.3 Å². The summed E-state index contributed by atoms with van der Waals surface area (Å²) in [4.78, 5) is 0. The standard InChI is InChI=1S/C26H42O3/c1-8-9-10-11-13-23(2,3)19-15-20(27)22(21(16-19)29-7)26(28)24(4,5)18-12-14-25(26,6)17-18/h15-16,18,27-28H,8-14,17H2,1-7H3/t18?,25?,26-/m0/s1. The van der Waals surface area contributed by atoms with Gasteiger partial charge < -0.3 is 14.9 Å². The minimum atomic E-state index is -1.10. The molecule has 3 atom stereocenters. The predicted molar refractivity (Wildman–Crippen MR) is 120 cm³/mol. The summed E-state index contributed by atoms with van der Waals surface area (Å²) in [6.07, 6.45) is 9.15. The van der Waals surface area contributed by atoms with Gasteiger partial charge in [-0.05, 0) is 54.7 Å². The Morgan fingerprint density at radius 1 is 1.14 bits per heavy atom. The third-order valence-electron chi connectivity index (χ3n) is 8.67. The predicted octanol–water partition coefficient (Wildman–Crippen LogP) is 6.68. The lowest BCUT2D eigenvalue weighted by molar-refractivity contribution is -0.152. The van der Waals surface area contributed by atoms with E-state index >= 15 is 0 Å². The zero-order valence-electron chi connectivity index (χ0n) is 19.7. The fourth-order valence-corrected chi connectivity index (χ4v) is 6.54. The van der Waals surface area contributed by atoms with E-state index in [0.717, 1.165) is 31.2 Å². The van der Waals surface area contributed by atoms with Crippen molar-refractivity contribution in [2.24, 2.45) is 16.7 Å². The zero-order chi connectivity index (χ0) is 21.7. The van der Waals surface area contributed by atoms with Gasteiger partial charge in [0.25, 0.3) is 0 Å². The van der Waals surface area contributed by atoms with Crippen molar-refractivity contribution in [2.45, 2.75) is 104 Å². The molecule has 3 nitrogen and oxygen atoms in total. The smallest absolute Gasteiger partial charge is 0.129 e. The number of benzene rings is 1. The van der Waals surface area contributed by atoms with Crippen LogP contribution in [0.4, 0.5) is 0 Å². The largest absolute Gasteiger partial charge is 0.507 e. The van der Waals surface area contributed by atoms with E-state index in [0.29, 0.717) is 17.2 Å². The van der Waals surface area contributed by atoms with E-state index in [2.05, 4.69) is 47.6 Å². The molecule has 0 radical (unpaired) electrons. The van der Waals surface area contributed by atoms with Crippen molar-refractivity contribution < 1.29 is 14.9 Å². The van der Waals surface area contributed by atoms with E-state index in [1.54, 1.807) is 7.11 Å². The van der Waals surface area contributed by atoms with Crippen molar-refractivity contribution in [3.8, 4) is 11.5 Å². The van der Waals surface area contributed by atoms with Crippen molar-refractivity contribution in [2.75, 3.05) is 7.11 Å². The van der Waals surface area contributed by atoms with Crippen molar-refractivity contribution in [3.05, 3.63) is 23.3 Å². The molecule has 29 heavy (non-hydrogen) atoms. The summed E-state index contributed by atoms with van der Waals surface area (Å²) < 4.78 is 5.81. The average Bonchev–Trinajstić information content (AvgIpc) is 3.13. The molecule has 0 amide bonds. The van der Waals surface area contributed by atoms with Crippen LogP contribution in [0.3, 0.4) is 0 Å². The Morgan fingerprint density at radius 2 is 1.83 bits per heavy atom. The van der Waals surface area contributed by atoms with E-state index in [-0.39, 0.29) is 22.0 Å². The van der Waals surface area contributed by atoms with E-state index in [1.165, 1.54) is 25.7 Å². The molecule has 0 aromatic heterocycles. The minimum Gasteiger partial charge on any atom is -0.507 e. The molecule has 164 valence electrons. The van der Waals surface area contributed by atoms with Crippen LogP contribution < -0.4 is 4.74 Å². The fourth-order valence-electron chi connectivity index (χ4n) is 6.54. The molecule has 2 aliphatic rings. The molecule has 0 spiro atoms. The zero-order valence-corrected chi connectivity index (χ0v) is 19.7.